The van der Waals surface area contributed by atoms with Gasteiger partial charge in [0.1, 0.15) is 5.60 Å². The van der Waals surface area contributed by atoms with Gasteiger partial charge in [-0.15, -0.1) is 0 Å². The molecular weight excluding hydrogens is 254 g/mol. The van der Waals surface area contributed by atoms with E-state index in [1.165, 1.54) is 0 Å². The Hall–Kier alpha value is -1.79. The second-order valence-electron chi connectivity index (χ2n) is 5.48. The Kier molecular flexibility index (Phi) is 4.07. The minimum Gasteiger partial charge on any atom is -0.481 e. The fourth-order valence-corrected chi connectivity index (χ4v) is 1.98. The zero-order chi connectivity index (χ0) is 14.8. The van der Waals surface area contributed by atoms with E-state index in [4.69, 9.17) is 9.84 Å². The van der Waals surface area contributed by atoms with Gasteiger partial charge in [-0.25, -0.2) is 9.59 Å². The standard InChI is InChI=1S/C12H19NO6/c1-11(2,3)19-10(17)13-6-5-12(13,7-8(14)15)9(16)18-4/h5-7H2,1-4H3,(H,14,15). The van der Waals surface area contributed by atoms with E-state index in [-0.39, 0.29) is 13.0 Å². The molecule has 1 fully saturated rings. The SMILES string of the molecule is COC(=O)C1(CC(=O)O)CCN1C(=O)OC(C)(C)C. The smallest absolute Gasteiger partial charge is 0.411 e. The second-order valence-corrected chi connectivity index (χ2v) is 5.48. The third kappa shape index (κ3) is 3.15. The summed E-state index contributed by atoms with van der Waals surface area (Å²) in [5.41, 5.74) is -2.15. The van der Waals surface area contributed by atoms with Crippen LogP contribution in [0.2, 0.25) is 0 Å². The van der Waals surface area contributed by atoms with Crippen LogP contribution in [0.3, 0.4) is 0 Å². The highest BCUT2D eigenvalue weighted by molar-refractivity contribution is 5.91. The molecule has 108 valence electrons. The molecule has 0 radical (unpaired) electrons. The number of carboxylic acid groups (broad SMARTS) is 1. The molecular formula is C12H19NO6. The molecule has 0 aliphatic carbocycles. The average Bonchev–Trinajstić information content (AvgIpc) is 2.19. The van der Waals surface area contributed by atoms with E-state index >= 15 is 0 Å². The number of amides is 1. The maximum absolute atomic E-state index is 12.0. The van der Waals surface area contributed by atoms with Crippen molar-refractivity contribution in [2.45, 2.75) is 44.8 Å². The predicted molar refractivity (Wildman–Crippen MR) is 64.6 cm³/mol. The molecule has 0 saturated carbocycles. The molecule has 1 atom stereocenters. The van der Waals surface area contributed by atoms with Crippen molar-refractivity contribution in [2.75, 3.05) is 13.7 Å². The zero-order valence-corrected chi connectivity index (χ0v) is 11.6. The Bertz CT molecular complexity index is 400. The van der Waals surface area contributed by atoms with Crippen LogP contribution in [0, 0.1) is 0 Å². The van der Waals surface area contributed by atoms with E-state index in [0.29, 0.717) is 0 Å². The van der Waals surface area contributed by atoms with Crippen molar-refractivity contribution in [2.24, 2.45) is 0 Å². The number of aliphatic carboxylic acids is 1. The van der Waals surface area contributed by atoms with E-state index in [1.54, 1.807) is 20.8 Å². The van der Waals surface area contributed by atoms with Gasteiger partial charge < -0.3 is 14.6 Å². The van der Waals surface area contributed by atoms with Crippen molar-refractivity contribution in [3.8, 4) is 0 Å². The number of methoxy groups -OCH3 is 1. The number of likely N-dealkylation sites (tertiary alicyclic amines) is 1. The molecule has 1 rings (SSSR count). The van der Waals surface area contributed by atoms with Crippen molar-refractivity contribution in [3.05, 3.63) is 0 Å². The van der Waals surface area contributed by atoms with Crippen LogP contribution in [-0.2, 0) is 19.1 Å². The van der Waals surface area contributed by atoms with Gasteiger partial charge in [0.25, 0.3) is 0 Å². The largest absolute Gasteiger partial charge is 0.481 e. The molecule has 0 aromatic heterocycles. The van der Waals surface area contributed by atoms with Crippen LogP contribution in [0.5, 0.6) is 0 Å². The molecule has 0 bridgehead atoms. The minimum absolute atomic E-state index is 0.255. The van der Waals surface area contributed by atoms with E-state index in [0.717, 1.165) is 12.0 Å². The van der Waals surface area contributed by atoms with E-state index in [1.807, 2.05) is 0 Å². The molecule has 7 heteroatoms. The summed E-state index contributed by atoms with van der Waals surface area (Å²) in [4.78, 5) is 35.8. The second kappa shape index (κ2) is 5.07. The van der Waals surface area contributed by atoms with Gasteiger partial charge in [-0.05, 0) is 27.2 Å². The molecule has 0 aromatic carbocycles. The lowest BCUT2D eigenvalue weighted by molar-refractivity contribution is -0.169. The lowest BCUT2D eigenvalue weighted by atomic mass is 9.82. The molecule has 1 aliphatic rings. The van der Waals surface area contributed by atoms with Crippen LogP contribution in [0.1, 0.15) is 33.6 Å². The van der Waals surface area contributed by atoms with Gasteiger partial charge in [0.05, 0.1) is 13.5 Å². The van der Waals surface area contributed by atoms with Crippen molar-refractivity contribution < 1.29 is 29.0 Å². The van der Waals surface area contributed by atoms with Crippen molar-refractivity contribution in [1.29, 1.82) is 0 Å². The molecule has 1 aliphatic heterocycles. The number of hydrogen-bond acceptors (Lipinski definition) is 5. The first-order chi connectivity index (χ1) is 8.62. The highest BCUT2D eigenvalue weighted by Gasteiger charge is 2.56. The van der Waals surface area contributed by atoms with Gasteiger partial charge in [-0.1, -0.05) is 0 Å². The molecule has 0 spiro atoms. The van der Waals surface area contributed by atoms with Crippen LogP contribution in [0.4, 0.5) is 4.79 Å². The predicted octanol–water partition coefficient (Wildman–Crippen LogP) is 1.01. The van der Waals surface area contributed by atoms with Crippen molar-refractivity contribution >= 4 is 18.0 Å². The summed E-state index contributed by atoms with van der Waals surface area (Å²) in [6.45, 7) is 5.36. The van der Waals surface area contributed by atoms with Gasteiger partial charge in [0.15, 0.2) is 5.54 Å². The molecule has 19 heavy (non-hydrogen) atoms. The van der Waals surface area contributed by atoms with Crippen molar-refractivity contribution in [3.63, 3.8) is 0 Å². The third-order valence-electron chi connectivity index (χ3n) is 2.89. The van der Waals surface area contributed by atoms with Crippen LogP contribution in [0.25, 0.3) is 0 Å². The summed E-state index contributed by atoms with van der Waals surface area (Å²) >= 11 is 0. The Balaban J connectivity index is 2.91. The number of nitrogens with zero attached hydrogens (tertiary/aromatic N) is 1. The number of carbonyl (C=O) groups excluding carboxylic acids is 2. The number of carboxylic acids is 1. The van der Waals surface area contributed by atoms with Gasteiger partial charge in [-0.3, -0.25) is 9.69 Å². The van der Waals surface area contributed by atoms with Crippen LogP contribution < -0.4 is 0 Å². The van der Waals surface area contributed by atoms with E-state index < -0.39 is 35.6 Å². The Labute approximate surface area is 111 Å². The first kappa shape index (κ1) is 15.3. The molecule has 1 heterocycles. The first-order valence-electron chi connectivity index (χ1n) is 5.93. The fraction of sp³-hybridized carbons (Fsp3) is 0.750. The van der Waals surface area contributed by atoms with Crippen LogP contribution >= 0.6 is 0 Å². The summed E-state index contributed by atoms with van der Waals surface area (Å²) in [6, 6.07) is 0. The van der Waals surface area contributed by atoms with E-state index in [9.17, 15) is 14.4 Å². The lowest BCUT2D eigenvalue weighted by Crippen LogP contribution is -2.68. The summed E-state index contributed by atoms with van der Waals surface area (Å²) in [7, 11) is 1.16. The van der Waals surface area contributed by atoms with Gasteiger partial charge in [-0.2, -0.15) is 0 Å². The summed E-state index contributed by atoms with van der Waals surface area (Å²) < 4.78 is 9.78. The zero-order valence-electron chi connectivity index (χ0n) is 11.6. The first-order valence-corrected chi connectivity index (χ1v) is 5.93. The normalized spacial score (nSPS) is 22.4. The molecule has 0 aromatic rings. The Morgan fingerprint density at radius 3 is 2.21 bits per heavy atom. The van der Waals surface area contributed by atoms with Gasteiger partial charge >= 0.3 is 18.0 Å². The topological polar surface area (TPSA) is 93.1 Å². The number of rotatable bonds is 3. The summed E-state index contributed by atoms with van der Waals surface area (Å²) in [5.74, 6) is -1.90. The maximum Gasteiger partial charge on any atom is 0.411 e. The van der Waals surface area contributed by atoms with Crippen LogP contribution in [-0.4, -0.2) is 52.8 Å². The number of hydrogen-bond donors (Lipinski definition) is 1. The summed E-state index contributed by atoms with van der Waals surface area (Å²) in [6.07, 6.45) is -0.935. The maximum atomic E-state index is 12.0. The van der Waals surface area contributed by atoms with E-state index in [2.05, 4.69) is 4.74 Å². The summed E-state index contributed by atoms with van der Waals surface area (Å²) in [5, 5.41) is 8.90. The van der Waals surface area contributed by atoms with Gasteiger partial charge in [0, 0.05) is 6.54 Å². The molecule has 1 amide bonds. The van der Waals surface area contributed by atoms with Crippen LogP contribution in [0.15, 0.2) is 0 Å². The van der Waals surface area contributed by atoms with Gasteiger partial charge in [0.2, 0.25) is 0 Å². The molecule has 1 saturated heterocycles. The molecule has 1 N–H and O–H groups in total. The minimum atomic E-state index is -1.44. The van der Waals surface area contributed by atoms with Crippen molar-refractivity contribution in [1.82, 2.24) is 4.90 Å². The highest BCUT2D eigenvalue weighted by Crippen LogP contribution is 2.36. The molecule has 7 nitrogen and oxygen atoms in total. The molecule has 1 unspecified atom stereocenters. The highest BCUT2D eigenvalue weighted by atomic mass is 16.6. The monoisotopic (exact) mass is 273 g/mol. The quantitative estimate of drug-likeness (QED) is 0.771. The number of ether oxygens (including phenoxy) is 2. The lowest BCUT2D eigenvalue weighted by Gasteiger charge is -2.49. The Morgan fingerprint density at radius 2 is 1.89 bits per heavy atom. The number of carbonyl (C=O) groups is 3. The Morgan fingerprint density at radius 1 is 1.32 bits per heavy atom. The third-order valence-corrected chi connectivity index (χ3v) is 2.89. The number of esters is 1. The average molecular weight is 273 g/mol. The fourth-order valence-electron chi connectivity index (χ4n) is 1.98.